The summed E-state index contributed by atoms with van der Waals surface area (Å²) in [4.78, 5) is 25.4. The van der Waals surface area contributed by atoms with Crippen molar-refractivity contribution < 1.29 is 9.59 Å². The third-order valence-electron chi connectivity index (χ3n) is 4.04. The van der Waals surface area contributed by atoms with Gasteiger partial charge in [-0.3, -0.25) is 9.59 Å². The Hall–Kier alpha value is -0.810. The zero-order valence-corrected chi connectivity index (χ0v) is 13.0. The van der Waals surface area contributed by atoms with Crippen molar-refractivity contribution in [2.75, 3.05) is 19.6 Å². The first kappa shape index (κ1) is 17.2. The molecule has 0 aliphatic carbocycles. The first-order chi connectivity index (χ1) is 9.19. The molecule has 2 aliphatic heterocycles. The van der Waals surface area contributed by atoms with Gasteiger partial charge in [0.1, 0.15) is 0 Å². The summed E-state index contributed by atoms with van der Waals surface area (Å²) >= 11 is 0. The fourth-order valence-corrected chi connectivity index (χ4v) is 3.01. The monoisotopic (exact) mass is 303 g/mol. The summed E-state index contributed by atoms with van der Waals surface area (Å²) in [5.41, 5.74) is 0. The Kier molecular flexibility index (Phi) is 7.30. The molecule has 2 N–H and O–H groups in total. The van der Waals surface area contributed by atoms with Crippen molar-refractivity contribution in [3.63, 3.8) is 0 Å². The molecule has 2 saturated heterocycles. The van der Waals surface area contributed by atoms with Crippen LogP contribution in [0.4, 0.5) is 0 Å². The highest BCUT2D eigenvalue weighted by Gasteiger charge is 2.30. The molecule has 2 aliphatic rings. The molecule has 2 unspecified atom stereocenters. The number of hydrogen-bond acceptors (Lipinski definition) is 3. The van der Waals surface area contributed by atoms with E-state index >= 15 is 0 Å². The van der Waals surface area contributed by atoms with Gasteiger partial charge in [-0.25, -0.2) is 0 Å². The van der Waals surface area contributed by atoms with Crippen LogP contribution in [0.15, 0.2) is 0 Å². The molecule has 2 amide bonds. The fraction of sp³-hybridized carbons (Fsp3) is 0.857. The van der Waals surface area contributed by atoms with Gasteiger partial charge >= 0.3 is 0 Å². The average Bonchev–Trinajstić information content (AvgIpc) is 2.69. The van der Waals surface area contributed by atoms with Crippen molar-refractivity contribution in [2.24, 2.45) is 0 Å². The van der Waals surface area contributed by atoms with E-state index in [-0.39, 0.29) is 24.2 Å². The number of hydrogen-bond donors (Lipinski definition) is 2. The van der Waals surface area contributed by atoms with Gasteiger partial charge in [-0.05, 0) is 32.6 Å². The van der Waals surface area contributed by atoms with E-state index < -0.39 is 0 Å². The van der Waals surface area contributed by atoms with E-state index in [1.807, 2.05) is 11.8 Å². The number of carbonyl (C=O) groups excluding carboxylic acids is 2. The molecular formula is C14H26ClN3O2. The number of nitrogens with zero attached hydrogens (tertiary/aromatic N) is 1. The molecule has 20 heavy (non-hydrogen) atoms. The van der Waals surface area contributed by atoms with Gasteiger partial charge in [0.2, 0.25) is 11.8 Å². The van der Waals surface area contributed by atoms with Crippen LogP contribution in [0.2, 0.25) is 0 Å². The Bertz CT molecular complexity index is 338. The minimum absolute atomic E-state index is 0. The van der Waals surface area contributed by atoms with Crippen molar-refractivity contribution >= 4 is 24.2 Å². The molecule has 2 bridgehead atoms. The van der Waals surface area contributed by atoms with E-state index in [9.17, 15) is 9.59 Å². The predicted octanol–water partition coefficient (Wildman–Crippen LogP) is 1.07. The standard InChI is InChI=1S/C14H25N3O2.ClH/c1-2-15-13(18)4-3-5-14(19)17-9-8-11-6-7-12(10-17)16-11;/h11-12,16H,2-10H2,1H3,(H,15,18);1H. The van der Waals surface area contributed by atoms with Crippen LogP contribution in [0.1, 0.15) is 45.4 Å². The zero-order chi connectivity index (χ0) is 13.7. The van der Waals surface area contributed by atoms with Crippen LogP contribution in [0.25, 0.3) is 0 Å². The van der Waals surface area contributed by atoms with Crippen molar-refractivity contribution in [1.82, 2.24) is 15.5 Å². The van der Waals surface area contributed by atoms with E-state index in [2.05, 4.69) is 10.6 Å². The smallest absolute Gasteiger partial charge is 0.222 e. The Morgan fingerprint density at radius 1 is 1.20 bits per heavy atom. The molecule has 0 saturated carbocycles. The van der Waals surface area contributed by atoms with Crippen LogP contribution >= 0.6 is 12.4 Å². The maximum atomic E-state index is 12.1. The number of likely N-dealkylation sites (tertiary alicyclic amines) is 1. The molecule has 2 rings (SSSR count). The van der Waals surface area contributed by atoms with Gasteiger partial charge in [0, 0.05) is 44.6 Å². The molecule has 6 heteroatoms. The first-order valence-corrected chi connectivity index (χ1v) is 7.49. The van der Waals surface area contributed by atoms with E-state index in [1.165, 1.54) is 12.8 Å². The minimum Gasteiger partial charge on any atom is -0.356 e. The molecule has 0 spiro atoms. The van der Waals surface area contributed by atoms with Crippen LogP contribution in [-0.2, 0) is 9.59 Å². The molecule has 2 heterocycles. The predicted molar refractivity (Wildman–Crippen MR) is 80.9 cm³/mol. The quantitative estimate of drug-likeness (QED) is 0.798. The lowest BCUT2D eigenvalue weighted by molar-refractivity contribution is -0.131. The van der Waals surface area contributed by atoms with Crippen molar-refractivity contribution in [3.05, 3.63) is 0 Å². The van der Waals surface area contributed by atoms with Crippen LogP contribution in [0.3, 0.4) is 0 Å². The summed E-state index contributed by atoms with van der Waals surface area (Å²) in [6, 6.07) is 1.10. The number of halogens is 1. The molecule has 5 nitrogen and oxygen atoms in total. The Morgan fingerprint density at radius 3 is 2.70 bits per heavy atom. The van der Waals surface area contributed by atoms with Crippen LogP contribution in [-0.4, -0.2) is 48.4 Å². The molecule has 0 aromatic rings. The van der Waals surface area contributed by atoms with Gasteiger partial charge < -0.3 is 15.5 Å². The Balaban J connectivity index is 0.00000200. The van der Waals surface area contributed by atoms with Gasteiger partial charge in [-0.1, -0.05) is 0 Å². The first-order valence-electron chi connectivity index (χ1n) is 7.49. The highest BCUT2D eigenvalue weighted by molar-refractivity contribution is 5.85. The maximum Gasteiger partial charge on any atom is 0.222 e. The van der Waals surface area contributed by atoms with E-state index in [4.69, 9.17) is 0 Å². The highest BCUT2D eigenvalue weighted by atomic mass is 35.5. The summed E-state index contributed by atoms with van der Waals surface area (Å²) in [5, 5.41) is 6.33. The maximum absolute atomic E-state index is 12.1. The van der Waals surface area contributed by atoms with E-state index in [0.717, 1.165) is 19.5 Å². The van der Waals surface area contributed by atoms with Crippen molar-refractivity contribution in [2.45, 2.75) is 57.5 Å². The fourth-order valence-electron chi connectivity index (χ4n) is 3.01. The minimum atomic E-state index is 0. The molecule has 2 fully saturated rings. The van der Waals surface area contributed by atoms with Crippen LogP contribution in [0.5, 0.6) is 0 Å². The Morgan fingerprint density at radius 2 is 1.95 bits per heavy atom. The lowest BCUT2D eigenvalue weighted by Gasteiger charge is -2.24. The van der Waals surface area contributed by atoms with Gasteiger partial charge in [-0.15, -0.1) is 12.4 Å². The highest BCUT2D eigenvalue weighted by Crippen LogP contribution is 2.20. The van der Waals surface area contributed by atoms with E-state index in [0.29, 0.717) is 37.9 Å². The van der Waals surface area contributed by atoms with Crippen LogP contribution in [0, 0.1) is 0 Å². The zero-order valence-electron chi connectivity index (χ0n) is 12.2. The third kappa shape index (κ3) is 4.94. The van der Waals surface area contributed by atoms with Crippen molar-refractivity contribution in [3.8, 4) is 0 Å². The molecule has 116 valence electrons. The second-order valence-electron chi connectivity index (χ2n) is 5.57. The summed E-state index contributed by atoms with van der Waals surface area (Å²) in [6.07, 6.45) is 5.12. The summed E-state index contributed by atoms with van der Waals surface area (Å²) in [5.74, 6) is 0.255. The van der Waals surface area contributed by atoms with Gasteiger partial charge in [0.05, 0.1) is 0 Å². The van der Waals surface area contributed by atoms with Gasteiger partial charge in [0.25, 0.3) is 0 Å². The normalized spacial score (nSPS) is 24.8. The third-order valence-corrected chi connectivity index (χ3v) is 4.04. The van der Waals surface area contributed by atoms with Crippen molar-refractivity contribution in [1.29, 1.82) is 0 Å². The van der Waals surface area contributed by atoms with E-state index in [1.54, 1.807) is 0 Å². The lowest BCUT2D eigenvalue weighted by Crippen LogP contribution is -2.39. The van der Waals surface area contributed by atoms with Gasteiger partial charge in [-0.2, -0.15) is 0 Å². The Labute approximate surface area is 127 Å². The molecule has 0 radical (unpaired) electrons. The average molecular weight is 304 g/mol. The molecule has 2 atom stereocenters. The second-order valence-corrected chi connectivity index (χ2v) is 5.57. The molecule has 0 aromatic carbocycles. The molecular weight excluding hydrogens is 278 g/mol. The van der Waals surface area contributed by atoms with Crippen LogP contribution < -0.4 is 10.6 Å². The number of rotatable bonds is 5. The topological polar surface area (TPSA) is 61.4 Å². The SMILES string of the molecule is CCNC(=O)CCCC(=O)N1CCC2CCC(C1)N2.Cl. The summed E-state index contributed by atoms with van der Waals surface area (Å²) in [7, 11) is 0. The number of fused-ring (bicyclic) bond motifs is 2. The lowest BCUT2D eigenvalue weighted by atomic mass is 10.1. The summed E-state index contributed by atoms with van der Waals surface area (Å²) in [6.45, 7) is 4.28. The molecule has 0 aromatic heterocycles. The van der Waals surface area contributed by atoms with Gasteiger partial charge in [0.15, 0.2) is 0 Å². The largest absolute Gasteiger partial charge is 0.356 e. The number of amides is 2. The summed E-state index contributed by atoms with van der Waals surface area (Å²) < 4.78 is 0. The second kappa shape index (κ2) is 8.47. The number of carbonyl (C=O) groups is 2. The number of nitrogens with one attached hydrogen (secondary N) is 2.